The highest BCUT2D eigenvalue weighted by atomic mass is 16.2. The van der Waals surface area contributed by atoms with Crippen molar-refractivity contribution in [1.29, 1.82) is 5.26 Å². The minimum atomic E-state index is -0.783. The lowest BCUT2D eigenvalue weighted by molar-refractivity contribution is -0.121. The Bertz CT molecular complexity index is 853. The largest absolute Gasteiger partial charge is 0.368 e. The lowest BCUT2D eigenvalue weighted by atomic mass is 10.0. The van der Waals surface area contributed by atoms with Crippen LogP contribution in [0.3, 0.4) is 0 Å². The fourth-order valence-electron chi connectivity index (χ4n) is 3.11. The molecular weight excluding hydrogens is 328 g/mol. The van der Waals surface area contributed by atoms with Crippen molar-refractivity contribution in [2.75, 3.05) is 11.4 Å². The summed E-state index contributed by atoms with van der Waals surface area (Å²) in [6.07, 6.45) is 0.590. The van der Waals surface area contributed by atoms with Crippen LogP contribution in [-0.4, -0.2) is 24.4 Å². The van der Waals surface area contributed by atoms with Gasteiger partial charge in [0, 0.05) is 12.2 Å². The van der Waals surface area contributed by atoms with Gasteiger partial charge in [-0.1, -0.05) is 29.8 Å². The van der Waals surface area contributed by atoms with E-state index < -0.39 is 18.0 Å². The molecule has 26 heavy (non-hydrogen) atoms. The van der Waals surface area contributed by atoms with E-state index in [1.165, 1.54) is 0 Å². The van der Waals surface area contributed by atoms with Gasteiger partial charge < -0.3 is 10.6 Å². The molecule has 0 aliphatic carbocycles. The first-order chi connectivity index (χ1) is 12.5. The Morgan fingerprint density at radius 1 is 1.23 bits per heavy atom. The van der Waals surface area contributed by atoms with Crippen LogP contribution in [0.25, 0.3) is 0 Å². The normalized spacial score (nSPS) is 17.8. The smallest absolute Gasteiger partial charge is 0.244 e. The summed E-state index contributed by atoms with van der Waals surface area (Å²) in [6, 6.07) is 15.1. The fourth-order valence-corrected chi connectivity index (χ4v) is 3.11. The molecule has 1 heterocycles. The molecule has 1 fully saturated rings. The Labute approximate surface area is 152 Å². The first-order valence-corrected chi connectivity index (χ1v) is 8.43. The van der Waals surface area contributed by atoms with Crippen LogP contribution in [0, 0.1) is 18.3 Å². The van der Waals surface area contributed by atoms with Crippen molar-refractivity contribution in [2.45, 2.75) is 25.4 Å². The van der Waals surface area contributed by atoms with Crippen LogP contribution in [-0.2, 0) is 9.59 Å². The fraction of sp³-hybridized carbons (Fsp3) is 0.250. The molecular formula is C20H20N4O2. The van der Waals surface area contributed by atoms with Crippen LogP contribution in [0.2, 0.25) is 0 Å². The van der Waals surface area contributed by atoms with Crippen LogP contribution >= 0.6 is 0 Å². The summed E-state index contributed by atoms with van der Waals surface area (Å²) in [5, 5.41) is 12.0. The second-order valence-electron chi connectivity index (χ2n) is 6.40. The summed E-state index contributed by atoms with van der Waals surface area (Å²) in [5.74, 6) is -0.634. The number of hydrogen-bond acceptors (Lipinski definition) is 4. The second kappa shape index (κ2) is 7.38. The Balaban J connectivity index is 1.75. The zero-order valence-corrected chi connectivity index (χ0v) is 14.5. The minimum Gasteiger partial charge on any atom is -0.368 e. The lowest BCUT2D eigenvalue weighted by Crippen LogP contribution is -2.44. The third-order valence-electron chi connectivity index (χ3n) is 4.58. The summed E-state index contributed by atoms with van der Waals surface area (Å²) < 4.78 is 0. The number of aryl methyl sites for hydroxylation is 1. The van der Waals surface area contributed by atoms with E-state index >= 15 is 0 Å². The van der Waals surface area contributed by atoms with Gasteiger partial charge in [-0.3, -0.25) is 14.9 Å². The van der Waals surface area contributed by atoms with Gasteiger partial charge in [-0.25, -0.2) is 0 Å². The van der Waals surface area contributed by atoms with E-state index in [9.17, 15) is 9.59 Å². The Morgan fingerprint density at radius 3 is 2.46 bits per heavy atom. The third kappa shape index (κ3) is 3.58. The number of nitrogens with two attached hydrogens (primary N) is 1. The first-order valence-electron chi connectivity index (χ1n) is 8.43. The van der Waals surface area contributed by atoms with Crippen LogP contribution in [0.5, 0.6) is 0 Å². The van der Waals surface area contributed by atoms with Gasteiger partial charge in [0.05, 0.1) is 17.7 Å². The summed E-state index contributed by atoms with van der Waals surface area (Å²) in [6.45, 7) is 2.58. The van der Waals surface area contributed by atoms with Crippen molar-refractivity contribution in [3.8, 4) is 6.07 Å². The summed E-state index contributed by atoms with van der Waals surface area (Å²) >= 11 is 0. The average molecular weight is 348 g/mol. The maximum Gasteiger partial charge on any atom is 0.244 e. The highest BCUT2D eigenvalue weighted by molar-refractivity contribution is 5.99. The van der Waals surface area contributed by atoms with Crippen LogP contribution in [0.4, 0.5) is 5.69 Å². The van der Waals surface area contributed by atoms with Crippen molar-refractivity contribution in [3.05, 3.63) is 65.2 Å². The molecule has 0 saturated carbocycles. The van der Waals surface area contributed by atoms with Crippen molar-refractivity contribution < 1.29 is 9.59 Å². The number of carbonyl (C=O) groups is 2. The Kier molecular flexibility index (Phi) is 5.01. The Hall–Kier alpha value is -3.17. The van der Waals surface area contributed by atoms with E-state index in [1.54, 1.807) is 29.2 Å². The van der Waals surface area contributed by atoms with Crippen molar-refractivity contribution in [1.82, 2.24) is 5.32 Å². The number of nitriles is 1. The maximum atomic E-state index is 12.7. The molecule has 2 aromatic rings. The van der Waals surface area contributed by atoms with E-state index in [0.717, 1.165) is 11.3 Å². The molecule has 0 bridgehead atoms. The molecule has 2 aromatic carbocycles. The third-order valence-corrected chi connectivity index (χ3v) is 4.58. The number of carbonyl (C=O) groups excluding carboxylic acids is 2. The zero-order valence-electron chi connectivity index (χ0n) is 14.5. The summed E-state index contributed by atoms with van der Waals surface area (Å²) in [4.78, 5) is 26.4. The first kappa shape index (κ1) is 17.6. The van der Waals surface area contributed by atoms with Gasteiger partial charge in [-0.2, -0.15) is 5.26 Å². The van der Waals surface area contributed by atoms with Crippen molar-refractivity contribution in [2.24, 2.45) is 5.73 Å². The molecule has 2 atom stereocenters. The van der Waals surface area contributed by atoms with Gasteiger partial charge in [0.1, 0.15) is 6.04 Å². The van der Waals surface area contributed by atoms with E-state index in [0.29, 0.717) is 24.1 Å². The second-order valence-corrected chi connectivity index (χ2v) is 6.40. The molecule has 1 aliphatic heterocycles. The molecule has 132 valence electrons. The van der Waals surface area contributed by atoms with E-state index in [2.05, 4.69) is 5.32 Å². The minimum absolute atomic E-state index is 0.0752. The number of amides is 2. The van der Waals surface area contributed by atoms with E-state index in [-0.39, 0.29) is 5.91 Å². The molecule has 0 radical (unpaired) electrons. The Morgan fingerprint density at radius 2 is 1.88 bits per heavy atom. The highest BCUT2D eigenvalue weighted by Crippen LogP contribution is 2.24. The average Bonchev–Trinajstić information content (AvgIpc) is 3.01. The van der Waals surface area contributed by atoms with E-state index in [4.69, 9.17) is 11.0 Å². The zero-order chi connectivity index (χ0) is 18.7. The van der Waals surface area contributed by atoms with Crippen molar-refractivity contribution >= 4 is 17.5 Å². The molecule has 1 saturated heterocycles. The monoisotopic (exact) mass is 348 g/mol. The van der Waals surface area contributed by atoms with Crippen molar-refractivity contribution in [3.63, 3.8) is 0 Å². The molecule has 2 amide bonds. The van der Waals surface area contributed by atoms with Gasteiger partial charge in [0.25, 0.3) is 0 Å². The quantitative estimate of drug-likeness (QED) is 0.860. The van der Waals surface area contributed by atoms with Crippen LogP contribution in [0.1, 0.15) is 29.2 Å². The number of anilines is 1. The molecule has 6 nitrogen and oxygen atoms in total. The standard InChI is InChI=1S/C20H20N4O2/c1-13-2-8-16(9-3-13)24-11-10-17(20(24)26)23-18(19(22)25)15-6-4-14(12-21)5-7-15/h2-9,17-18,23H,10-11H2,1H3,(H2,22,25). The SMILES string of the molecule is Cc1ccc(N2CCC(NC(C(N)=O)c3ccc(C#N)cc3)C2=O)cc1. The lowest BCUT2D eigenvalue weighted by Gasteiger charge is -2.21. The van der Waals surface area contributed by atoms with Crippen LogP contribution < -0.4 is 16.0 Å². The molecule has 1 aliphatic rings. The molecule has 2 unspecified atom stereocenters. The number of primary amides is 1. The number of hydrogen-bond donors (Lipinski definition) is 2. The number of benzene rings is 2. The molecule has 3 rings (SSSR count). The van der Waals surface area contributed by atoms with Gasteiger partial charge >= 0.3 is 0 Å². The predicted molar refractivity (Wildman–Crippen MR) is 98.2 cm³/mol. The summed E-state index contributed by atoms with van der Waals surface area (Å²) in [7, 11) is 0. The molecule has 0 aromatic heterocycles. The number of nitrogens with zero attached hydrogens (tertiary/aromatic N) is 2. The highest BCUT2D eigenvalue weighted by Gasteiger charge is 2.35. The van der Waals surface area contributed by atoms with Crippen LogP contribution in [0.15, 0.2) is 48.5 Å². The number of nitrogens with one attached hydrogen (secondary N) is 1. The molecule has 3 N–H and O–H groups in total. The maximum absolute atomic E-state index is 12.7. The predicted octanol–water partition coefficient (Wildman–Crippen LogP) is 1.79. The topological polar surface area (TPSA) is 99.2 Å². The molecule has 6 heteroatoms. The molecule has 0 spiro atoms. The number of rotatable bonds is 5. The summed E-state index contributed by atoms with van der Waals surface area (Å²) in [5.41, 5.74) is 8.65. The van der Waals surface area contributed by atoms with Gasteiger partial charge in [0.2, 0.25) is 11.8 Å². The van der Waals surface area contributed by atoms with Gasteiger partial charge in [-0.15, -0.1) is 0 Å². The van der Waals surface area contributed by atoms with E-state index in [1.807, 2.05) is 37.3 Å². The van der Waals surface area contributed by atoms with Gasteiger partial charge in [0.15, 0.2) is 0 Å². The van der Waals surface area contributed by atoms with Gasteiger partial charge in [-0.05, 0) is 43.2 Å².